The molecule has 0 radical (unpaired) electrons. The second-order valence-electron chi connectivity index (χ2n) is 3.41. The Bertz CT molecular complexity index is 474. The summed E-state index contributed by atoms with van der Waals surface area (Å²) in [5.74, 6) is 0.0215. The first kappa shape index (κ1) is 13.7. The first-order valence-corrected chi connectivity index (χ1v) is 5.26. The molecule has 1 aromatic rings. The van der Waals surface area contributed by atoms with Crippen molar-refractivity contribution in [3.05, 3.63) is 35.7 Å². The van der Waals surface area contributed by atoms with E-state index >= 15 is 0 Å². The monoisotopic (exact) mass is 249 g/mol. The van der Waals surface area contributed by atoms with E-state index in [2.05, 4.69) is 15.5 Å². The van der Waals surface area contributed by atoms with Crippen molar-refractivity contribution in [2.45, 2.75) is 6.92 Å². The Labute approximate surface area is 105 Å². The Morgan fingerprint density at radius 3 is 2.39 bits per heavy atom. The van der Waals surface area contributed by atoms with Crippen LogP contribution in [0.1, 0.15) is 6.92 Å². The predicted octanol–water partition coefficient (Wildman–Crippen LogP) is 2.31. The van der Waals surface area contributed by atoms with Crippen LogP contribution in [0.4, 0.5) is 5.69 Å². The van der Waals surface area contributed by atoms with Crippen LogP contribution in [0.25, 0.3) is 0 Å². The van der Waals surface area contributed by atoms with Crippen LogP contribution < -0.4 is 10.1 Å². The summed E-state index contributed by atoms with van der Waals surface area (Å²) in [6.45, 7) is 1.37. The molecule has 2 N–H and O–H groups in total. The van der Waals surface area contributed by atoms with Gasteiger partial charge in [-0.05, 0) is 31.2 Å². The molecule has 0 aromatic heterocycles. The van der Waals surface area contributed by atoms with Crippen LogP contribution in [0, 0.1) is 0 Å². The second-order valence-corrected chi connectivity index (χ2v) is 3.41. The van der Waals surface area contributed by atoms with Crippen LogP contribution in [0.15, 0.2) is 46.0 Å². The first-order valence-electron chi connectivity index (χ1n) is 5.26. The lowest BCUT2D eigenvalue weighted by atomic mass is 10.3. The van der Waals surface area contributed by atoms with E-state index in [4.69, 9.17) is 4.74 Å². The van der Waals surface area contributed by atoms with Gasteiger partial charge in [-0.3, -0.25) is 4.79 Å². The lowest BCUT2D eigenvalue weighted by molar-refractivity contribution is -0.117. The number of nitrogens with zero attached hydrogens (tertiary/aromatic N) is 2. The minimum absolute atomic E-state index is 0.117. The van der Waals surface area contributed by atoms with E-state index in [9.17, 15) is 9.90 Å². The predicted molar refractivity (Wildman–Crippen MR) is 66.9 cm³/mol. The zero-order valence-electron chi connectivity index (χ0n) is 10.5. The number of aliphatic hydroxyl groups excluding tert-OH is 1. The number of methoxy groups -OCH3 is 1. The number of aliphatic hydroxyl groups is 1. The summed E-state index contributed by atoms with van der Waals surface area (Å²) in [5.41, 5.74) is 0.437. The summed E-state index contributed by atoms with van der Waals surface area (Å²) >= 11 is 0. The molecule has 0 saturated carbocycles. The van der Waals surface area contributed by atoms with E-state index < -0.39 is 5.91 Å². The van der Waals surface area contributed by atoms with Crippen LogP contribution in [0.3, 0.4) is 0 Å². The van der Waals surface area contributed by atoms with E-state index in [1.807, 2.05) is 0 Å². The number of rotatable bonds is 4. The fraction of sp³-hybridized carbons (Fsp3) is 0.250. The van der Waals surface area contributed by atoms with Crippen molar-refractivity contribution in [3.8, 4) is 5.75 Å². The van der Waals surface area contributed by atoms with E-state index in [0.717, 1.165) is 0 Å². The smallest absolute Gasteiger partial charge is 0.275 e. The van der Waals surface area contributed by atoms with E-state index in [-0.39, 0.29) is 11.5 Å². The van der Waals surface area contributed by atoms with Crippen molar-refractivity contribution in [1.29, 1.82) is 0 Å². The number of azo groups is 1. The number of hydrogen-bond donors (Lipinski definition) is 2. The highest BCUT2D eigenvalue weighted by Gasteiger charge is 2.10. The average Bonchev–Trinajstić information content (AvgIpc) is 2.39. The Balaban J connectivity index is 2.90. The molecular formula is C12H15N3O3. The molecule has 0 saturated heterocycles. The summed E-state index contributed by atoms with van der Waals surface area (Å²) in [4.78, 5) is 11.4. The summed E-state index contributed by atoms with van der Waals surface area (Å²) in [6.07, 6.45) is 0. The molecule has 6 heteroatoms. The molecule has 6 nitrogen and oxygen atoms in total. The quantitative estimate of drug-likeness (QED) is 0.488. The number of benzene rings is 1. The second kappa shape index (κ2) is 6.39. The van der Waals surface area contributed by atoms with Gasteiger partial charge in [-0.25, -0.2) is 0 Å². The Kier molecular flexibility index (Phi) is 4.86. The highest BCUT2D eigenvalue weighted by Crippen LogP contribution is 2.19. The van der Waals surface area contributed by atoms with Crippen molar-refractivity contribution in [2.75, 3.05) is 14.2 Å². The first-order chi connectivity index (χ1) is 8.58. The number of carbonyl (C=O) groups excluding carboxylic acids is 1. The molecule has 0 aliphatic rings. The summed E-state index contributed by atoms with van der Waals surface area (Å²) in [6, 6.07) is 6.83. The summed E-state index contributed by atoms with van der Waals surface area (Å²) < 4.78 is 5.00. The summed E-state index contributed by atoms with van der Waals surface area (Å²) in [7, 11) is 3.02. The van der Waals surface area contributed by atoms with Crippen LogP contribution in [0.2, 0.25) is 0 Å². The number of hydrogen-bond acceptors (Lipinski definition) is 5. The van der Waals surface area contributed by atoms with Crippen molar-refractivity contribution < 1.29 is 14.6 Å². The number of likely N-dealkylation sites (N-methyl/N-ethyl adjacent to an activating group) is 1. The molecule has 0 spiro atoms. The molecule has 0 fully saturated rings. The van der Waals surface area contributed by atoms with Crippen LogP contribution in [0.5, 0.6) is 5.75 Å². The number of carbonyl (C=O) groups is 1. The van der Waals surface area contributed by atoms with E-state index in [1.165, 1.54) is 14.0 Å². The van der Waals surface area contributed by atoms with Gasteiger partial charge in [0.05, 0.1) is 12.8 Å². The number of ether oxygens (including phenoxy) is 1. The highest BCUT2D eigenvalue weighted by molar-refractivity contribution is 5.93. The van der Waals surface area contributed by atoms with E-state index in [0.29, 0.717) is 11.4 Å². The highest BCUT2D eigenvalue weighted by atomic mass is 16.5. The maximum absolute atomic E-state index is 11.4. The van der Waals surface area contributed by atoms with Gasteiger partial charge in [-0.2, -0.15) is 5.11 Å². The van der Waals surface area contributed by atoms with Gasteiger partial charge in [0.2, 0.25) is 0 Å². The van der Waals surface area contributed by atoms with Gasteiger partial charge in [0.1, 0.15) is 11.5 Å². The van der Waals surface area contributed by atoms with Gasteiger partial charge in [0.15, 0.2) is 5.70 Å². The summed E-state index contributed by atoms with van der Waals surface area (Å²) in [5, 5.41) is 19.3. The number of nitrogens with one attached hydrogen (secondary N) is 1. The molecule has 1 rings (SSSR count). The molecule has 96 valence electrons. The minimum atomic E-state index is -0.493. The Morgan fingerprint density at radius 1 is 1.33 bits per heavy atom. The number of amides is 1. The van der Waals surface area contributed by atoms with E-state index in [1.54, 1.807) is 31.4 Å². The van der Waals surface area contributed by atoms with Crippen LogP contribution in [-0.4, -0.2) is 25.2 Å². The van der Waals surface area contributed by atoms with Gasteiger partial charge in [0, 0.05) is 7.05 Å². The third kappa shape index (κ3) is 3.58. The third-order valence-corrected chi connectivity index (χ3v) is 2.12. The Morgan fingerprint density at radius 2 is 1.94 bits per heavy atom. The van der Waals surface area contributed by atoms with Crippen LogP contribution in [-0.2, 0) is 4.79 Å². The van der Waals surface area contributed by atoms with Gasteiger partial charge in [-0.15, -0.1) is 5.11 Å². The van der Waals surface area contributed by atoms with Crippen molar-refractivity contribution in [3.63, 3.8) is 0 Å². The zero-order chi connectivity index (χ0) is 13.5. The minimum Gasteiger partial charge on any atom is -0.510 e. The lowest BCUT2D eigenvalue weighted by Gasteiger charge is -2.01. The maximum Gasteiger partial charge on any atom is 0.275 e. The maximum atomic E-state index is 11.4. The molecule has 1 amide bonds. The van der Waals surface area contributed by atoms with Gasteiger partial charge in [-0.1, -0.05) is 0 Å². The fourth-order valence-electron chi connectivity index (χ4n) is 1.16. The normalized spacial score (nSPS) is 12.2. The molecule has 0 heterocycles. The number of allylic oxidation sites excluding steroid dienone is 1. The third-order valence-electron chi connectivity index (χ3n) is 2.12. The SMILES string of the molecule is CNC(=O)/C(N=Nc1ccc(OC)cc1)=C(\C)O. The van der Waals surface area contributed by atoms with Crippen LogP contribution >= 0.6 is 0 Å². The van der Waals surface area contributed by atoms with Gasteiger partial charge in [0.25, 0.3) is 5.91 Å². The standard InChI is InChI=1S/C12H15N3O3/c1-8(16)11(12(17)13-2)15-14-9-4-6-10(18-3)7-5-9/h4-7,16H,1-3H3,(H,13,17)/b11-8-,15-14?. The van der Waals surface area contributed by atoms with Gasteiger partial charge < -0.3 is 15.2 Å². The Hall–Kier alpha value is -2.37. The molecule has 0 atom stereocenters. The molecule has 1 aromatic carbocycles. The lowest BCUT2D eigenvalue weighted by Crippen LogP contribution is -2.20. The topological polar surface area (TPSA) is 83.3 Å². The van der Waals surface area contributed by atoms with Crippen molar-refractivity contribution in [2.24, 2.45) is 10.2 Å². The van der Waals surface area contributed by atoms with Crippen molar-refractivity contribution >= 4 is 11.6 Å². The zero-order valence-corrected chi connectivity index (χ0v) is 10.5. The fourth-order valence-corrected chi connectivity index (χ4v) is 1.16. The largest absolute Gasteiger partial charge is 0.510 e. The molecule has 0 aliphatic heterocycles. The molecular weight excluding hydrogens is 234 g/mol. The molecule has 18 heavy (non-hydrogen) atoms. The molecule has 0 bridgehead atoms. The molecule has 0 unspecified atom stereocenters. The van der Waals surface area contributed by atoms with Gasteiger partial charge >= 0.3 is 0 Å². The average molecular weight is 249 g/mol. The van der Waals surface area contributed by atoms with Crippen molar-refractivity contribution in [1.82, 2.24) is 5.32 Å². The molecule has 0 aliphatic carbocycles.